The van der Waals surface area contributed by atoms with E-state index in [9.17, 15) is 4.79 Å². The highest BCUT2D eigenvalue weighted by Gasteiger charge is 2.25. The van der Waals surface area contributed by atoms with Gasteiger partial charge < -0.3 is 10.1 Å². The lowest BCUT2D eigenvalue weighted by molar-refractivity contribution is 0.0507. The number of carbonyl (C=O) groups excluding carboxylic acids is 1. The van der Waals surface area contributed by atoms with Crippen molar-refractivity contribution in [3.05, 3.63) is 35.9 Å². The van der Waals surface area contributed by atoms with Gasteiger partial charge in [-0.05, 0) is 64.1 Å². The molecule has 1 N–H and O–H groups in total. The van der Waals surface area contributed by atoms with Crippen LogP contribution < -0.4 is 5.32 Å². The molecule has 1 unspecified atom stereocenters. The zero-order valence-corrected chi connectivity index (χ0v) is 15.5. The molecule has 1 saturated heterocycles. The molecular weight excluding hydrogens is 300 g/mol. The first kappa shape index (κ1) is 18.8. The van der Waals surface area contributed by atoms with Gasteiger partial charge in [0.2, 0.25) is 0 Å². The standard InChI is InChI=1S/C20H32N2O2/c1-16(14-21-19(23)24-20(2,3)4)18-10-12-22(13-11-18)15-17-8-6-5-7-9-17/h5-9,16,18H,10-15H2,1-4H3,(H,21,23). The lowest BCUT2D eigenvalue weighted by atomic mass is 9.85. The van der Waals surface area contributed by atoms with Gasteiger partial charge in [0.1, 0.15) is 5.60 Å². The predicted octanol–water partition coefficient (Wildman–Crippen LogP) is 4.06. The summed E-state index contributed by atoms with van der Waals surface area (Å²) in [6, 6.07) is 10.7. The average molecular weight is 332 g/mol. The van der Waals surface area contributed by atoms with Gasteiger partial charge in [-0.15, -0.1) is 0 Å². The number of hydrogen-bond acceptors (Lipinski definition) is 3. The van der Waals surface area contributed by atoms with Gasteiger partial charge in [0.05, 0.1) is 0 Å². The maximum absolute atomic E-state index is 11.8. The van der Waals surface area contributed by atoms with Crippen molar-refractivity contribution in [2.75, 3.05) is 19.6 Å². The third kappa shape index (κ3) is 6.52. The molecule has 1 aliphatic rings. The first-order valence-corrected chi connectivity index (χ1v) is 9.06. The number of carbonyl (C=O) groups is 1. The van der Waals surface area contributed by atoms with Gasteiger partial charge in [-0.25, -0.2) is 4.79 Å². The summed E-state index contributed by atoms with van der Waals surface area (Å²) in [5, 5.41) is 2.91. The van der Waals surface area contributed by atoms with Crippen molar-refractivity contribution in [3.8, 4) is 0 Å². The number of rotatable bonds is 5. The molecule has 1 aromatic rings. The molecule has 1 fully saturated rings. The van der Waals surface area contributed by atoms with Gasteiger partial charge in [0.15, 0.2) is 0 Å². The molecule has 134 valence electrons. The number of piperidine rings is 1. The minimum atomic E-state index is -0.434. The molecule has 2 rings (SSSR count). The molecule has 1 aromatic carbocycles. The Hall–Kier alpha value is -1.55. The number of benzene rings is 1. The largest absolute Gasteiger partial charge is 0.444 e. The van der Waals surface area contributed by atoms with Gasteiger partial charge in [0.25, 0.3) is 0 Å². The van der Waals surface area contributed by atoms with Crippen molar-refractivity contribution < 1.29 is 9.53 Å². The van der Waals surface area contributed by atoms with E-state index in [1.807, 2.05) is 20.8 Å². The molecule has 0 bridgehead atoms. The second-order valence-corrected chi connectivity index (χ2v) is 7.96. The average Bonchev–Trinajstić information content (AvgIpc) is 2.53. The third-order valence-corrected chi connectivity index (χ3v) is 4.65. The first-order valence-electron chi connectivity index (χ1n) is 9.06. The maximum atomic E-state index is 11.8. The summed E-state index contributed by atoms with van der Waals surface area (Å²) < 4.78 is 5.30. The van der Waals surface area contributed by atoms with E-state index >= 15 is 0 Å². The number of likely N-dealkylation sites (tertiary alicyclic amines) is 1. The second-order valence-electron chi connectivity index (χ2n) is 7.96. The number of ether oxygens (including phenoxy) is 1. The fourth-order valence-corrected chi connectivity index (χ4v) is 3.25. The first-order chi connectivity index (χ1) is 11.3. The van der Waals surface area contributed by atoms with Gasteiger partial charge in [-0.3, -0.25) is 4.90 Å². The van der Waals surface area contributed by atoms with Gasteiger partial charge in [-0.2, -0.15) is 0 Å². The smallest absolute Gasteiger partial charge is 0.407 e. The lowest BCUT2D eigenvalue weighted by Crippen LogP contribution is -2.40. The second kappa shape index (κ2) is 8.52. The highest BCUT2D eigenvalue weighted by atomic mass is 16.6. The molecule has 0 spiro atoms. The Morgan fingerprint density at radius 3 is 2.46 bits per heavy atom. The molecule has 24 heavy (non-hydrogen) atoms. The monoisotopic (exact) mass is 332 g/mol. The summed E-state index contributed by atoms with van der Waals surface area (Å²) in [6.07, 6.45) is 2.09. The summed E-state index contributed by atoms with van der Waals surface area (Å²) in [5.41, 5.74) is 0.950. The Morgan fingerprint density at radius 2 is 1.88 bits per heavy atom. The van der Waals surface area contributed by atoms with Crippen LogP contribution in [-0.2, 0) is 11.3 Å². The molecule has 0 aromatic heterocycles. The Labute approximate surface area is 146 Å². The molecule has 4 heteroatoms. The molecule has 4 nitrogen and oxygen atoms in total. The minimum absolute atomic E-state index is 0.309. The van der Waals surface area contributed by atoms with Crippen LogP contribution in [0.15, 0.2) is 30.3 Å². The Kier molecular flexibility index (Phi) is 6.67. The van der Waals surface area contributed by atoms with Crippen molar-refractivity contribution in [2.45, 2.75) is 52.7 Å². The van der Waals surface area contributed by atoms with Crippen LogP contribution in [0.1, 0.15) is 46.1 Å². The van der Waals surface area contributed by atoms with Crippen LogP contribution in [-0.4, -0.2) is 36.2 Å². The van der Waals surface area contributed by atoms with E-state index in [0.717, 1.165) is 19.6 Å². The summed E-state index contributed by atoms with van der Waals surface area (Å²) in [5.74, 6) is 1.16. The number of amides is 1. The summed E-state index contributed by atoms with van der Waals surface area (Å²) >= 11 is 0. The van der Waals surface area contributed by atoms with E-state index in [1.54, 1.807) is 0 Å². The molecule has 1 amide bonds. The third-order valence-electron chi connectivity index (χ3n) is 4.65. The van der Waals surface area contributed by atoms with E-state index in [-0.39, 0.29) is 6.09 Å². The number of alkyl carbamates (subject to hydrolysis) is 1. The quantitative estimate of drug-likeness (QED) is 0.884. The van der Waals surface area contributed by atoms with Crippen molar-refractivity contribution in [1.29, 1.82) is 0 Å². The SMILES string of the molecule is CC(CNC(=O)OC(C)(C)C)C1CCN(Cc2ccccc2)CC1. The van der Waals surface area contributed by atoms with Gasteiger partial charge in [0, 0.05) is 13.1 Å². The van der Waals surface area contributed by atoms with Crippen LogP contribution in [0.25, 0.3) is 0 Å². The fraction of sp³-hybridized carbons (Fsp3) is 0.650. The Morgan fingerprint density at radius 1 is 1.25 bits per heavy atom. The van der Waals surface area contributed by atoms with E-state index in [2.05, 4.69) is 47.5 Å². The lowest BCUT2D eigenvalue weighted by Gasteiger charge is -2.35. The highest BCUT2D eigenvalue weighted by molar-refractivity contribution is 5.67. The van der Waals surface area contributed by atoms with Crippen LogP contribution in [0.5, 0.6) is 0 Å². The number of nitrogens with one attached hydrogen (secondary N) is 1. The summed E-state index contributed by atoms with van der Waals surface area (Å²) in [6.45, 7) is 11.9. The van der Waals surface area contributed by atoms with Crippen LogP contribution >= 0.6 is 0 Å². The maximum Gasteiger partial charge on any atom is 0.407 e. The molecule has 0 aliphatic carbocycles. The topological polar surface area (TPSA) is 41.6 Å². The fourth-order valence-electron chi connectivity index (χ4n) is 3.25. The molecular formula is C20H32N2O2. The van der Waals surface area contributed by atoms with Crippen LogP contribution in [0.2, 0.25) is 0 Å². The van der Waals surface area contributed by atoms with Crippen LogP contribution in [0.3, 0.4) is 0 Å². The number of nitrogens with zero attached hydrogens (tertiary/aromatic N) is 1. The van der Waals surface area contributed by atoms with Crippen molar-refractivity contribution in [2.24, 2.45) is 11.8 Å². The Bertz CT molecular complexity index is 502. The molecule has 1 atom stereocenters. The molecule has 0 radical (unpaired) electrons. The van der Waals surface area contributed by atoms with E-state index in [4.69, 9.17) is 4.74 Å². The van der Waals surface area contributed by atoms with Crippen molar-refractivity contribution in [3.63, 3.8) is 0 Å². The van der Waals surface area contributed by atoms with Crippen LogP contribution in [0.4, 0.5) is 4.79 Å². The summed E-state index contributed by atoms with van der Waals surface area (Å²) in [4.78, 5) is 14.3. The zero-order valence-electron chi connectivity index (χ0n) is 15.5. The molecule has 1 heterocycles. The minimum Gasteiger partial charge on any atom is -0.444 e. The van der Waals surface area contributed by atoms with E-state index in [1.165, 1.54) is 18.4 Å². The Balaban J connectivity index is 1.69. The van der Waals surface area contributed by atoms with Crippen LogP contribution in [0, 0.1) is 11.8 Å². The van der Waals surface area contributed by atoms with Crippen molar-refractivity contribution in [1.82, 2.24) is 10.2 Å². The van der Waals surface area contributed by atoms with E-state index < -0.39 is 5.60 Å². The van der Waals surface area contributed by atoms with Crippen molar-refractivity contribution >= 4 is 6.09 Å². The van der Waals surface area contributed by atoms with E-state index in [0.29, 0.717) is 18.4 Å². The van der Waals surface area contributed by atoms with Gasteiger partial charge in [-0.1, -0.05) is 37.3 Å². The summed E-state index contributed by atoms with van der Waals surface area (Å²) in [7, 11) is 0. The van der Waals surface area contributed by atoms with Gasteiger partial charge >= 0.3 is 6.09 Å². The highest BCUT2D eigenvalue weighted by Crippen LogP contribution is 2.25. The zero-order chi connectivity index (χ0) is 17.6. The molecule has 1 aliphatic heterocycles. The predicted molar refractivity (Wildman–Crippen MR) is 97.8 cm³/mol. The normalized spacial score (nSPS) is 18.2. The number of hydrogen-bond donors (Lipinski definition) is 1. The molecule has 0 saturated carbocycles.